The van der Waals surface area contributed by atoms with Crippen LogP contribution in [0.1, 0.15) is 57.8 Å². The Bertz CT molecular complexity index is 395. The summed E-state index contributed by atoms with van der Waals surface area (Å²) < 4.78 is 5.64. The zero-order chi connectivity index (χ0) is 14.4. The van der Waals surface area contributed by atoms with Crippen molar-refractivity contribution in [2.75, 3.05) is 19.6 Å². The van der Waals surface area contributed by atoms with Crippen molar-refractivity contribution in [1.82, 2.24) is 10.2 Å². The van der Waals surface area contributed by atoms with Crippen molar-refractivity contribution in [3.05, 3.63) is 23.7 Å². The number of likely N-dealkylation sites (tertiary alicyclic amines) is 1. The van der Waals surface area contributed by atoms with E-state index < -0.39 is 0 Å². The summed E-state index contributed by atoms with van der Waals surface area (Å²) in [6.45, 7) is 12.3. The number of nitrogens with zero attached hydrogens (tertiary/aromatic N) is 1. The molecular formula is C17H30N2O. The van der Waals surface area contributed by atoms with Gasteiger partial charge < -0.3 is 9.73 Å². The predicted molar refractivity (Wildman–Crippen MR) is 83.6 cm³/mol. The molecule has 1 aliphatic rings. The summed E-state index contributed by atoms with van der Waals surface area (Å²) in [5.41, 5.74) is 1.92. The van der Waals surface area contributed by atoms with Crippen molar-refractivity contribution in [1.29, 1.82) is 0 Å². The van der Waals surface area contributed by atoms with Crippen LogP contribution in [0.3, 0.4) is 0 Å². The average molecular weight is 278 g/mol. The van der Waals surface area contributed by atoms with E-state index in [2.05, 4.69) is 37.1 Å². The van der Waals surface area contributed by atoms with Crippen molar-refractivity contribution < 1.29 is 4.42 Å². The summed E-state index contributed by atoms with van der Waals surface area (Å²) >= 11 is 0. The molecule has 1 aromatic heterocycles. The van der Waals surface area contributed by atoms with Gasteiger partial charge in [-0.15, -0.1) is 0 Å². The maximum Gasteiger partial charge on any atom is 0.122 e. The number of hydrogen-bond acceptors (Lipinski definition) is 3. The van der Waals surface area contributed by atoms with Gasteiger partial charge in [-0.3, -0.25) is 4.90 Å². The van der Waals surface area contributed by atoms with E-state index in [9.17, 15) is 0 Å². The molecule has 2 rings (SSSR count). The van der Waals surface area contributed by atoms with Crippen LogP contribution in [-0.2, 0) is 13.1 Å². The highest BCUT2D eigenvalue weighted by molar-refractivity contribution is 5.17. The van der Waals surface area contributed by atoms with E-state index in [-0.39, 0.29) is 0 Å². The maximum atomic E-state index is 5.64. The molecule has 3 heteroatoms. The van der Waals surface area contributed by atoms with E-state index in [1.165, 1.54) is 37.9 Å². The fraction of sp³-hybridized carbons (Fsp3) is 0.765. The minimum atomic E-state index is 0.560. The molecular weight excluding hydrogens is 248 g/mol. The van der Waals surface area contributed by atoms with Crippen LogP contribution in [0.4, 0.5) is 0 Å². The second-order valence-corrected chi connectivity index (χ2v) is 6.21. The van der Waals surface area contributed by atoms with Crippen molar-refractivity contribution in [3.8, 4) is 0 Å². The highest BCUT2D eigenvalue weighted by Crippen LogP contribution is 2.37. The van der Waals surface area contributed by atoms with E-state index in [4.69, 9.17) is 4.42 Å². The third-order valence-electron chi connectivity index (χ3n) is 4.96. The summed E-state index contributed by atoms with van der Waals surface area (Å²) in [6, 6.07) is 2.14. The molecule has 0 saturated carbocycles. The Balaban J connectivity index is 1.90. The van der Waals surface area contributed by atoms with Gasteiger partial charge in [0.2, 0.25) is 0 Å². The van der Waals surface area contributed by atoms with Crippen molar-refractivity contribution >= 4 is 0 Å². The molecule has 3 nitrogen and oxygen atoms in total. The van der Waals surface area contributed by atoms with Gasteiger partial charge in [-0.1, -0.05) is 20.8 Å². The fourth-order valence-corrected chi connectivity index (χ4v) is 3.27. The minimum Gasteiger partial charge on any atom is -0.468 e. The topological polar surface area (TPSA) is 28.4 Å². The summed E-state index contributed by atoms with van der Waals surface area (Å²) in [4.78, 5) is 2.60. The third-order valence-corrected chi connectivity index (χ3v) is 4.96. The van der Waals surface area contributed by atoms with E-state index in [1.807, 2.05) is 6.26 Å². The van der Waals surface area contributed by atoms with Crippen molar-refractivity contribution in [3.63, 3.8) is 0 Å². The molecule has 0 atom stereocenters. The summed E-state index contributed by atoms with van der Waals surface area (Å²) in [6.07, 6.45) is 6.95. The first-order valence-corrected chi connectivity index (χ1v) is 8.21. The minimum absolute atomic E-state index is 0.560. The molecule has 0 aliphatic carbocycles. The lowest BCUT2D eigenvalue weighted by atomic mass is 9.82. The van der Waals surface area contributed by atoms with Crippen LogP contribution in [0.2, 0.25) is 0 Å². The number of hydrogen-bond donors (Lipinski definition) is 1. The van der Waals surface area contributed by atoms with Crippen LogP contribution in [-0.4, -0.2) is 24.5 Å². The second kappa shape index (κ2) is 7.28. The van der Waals surface area contributed by atoms with Gasteiger partial charge in [0.15, 0.2) is 0 Å². The van der Waals surface area contributed by atoms with Crippen LogP contribution in [0.15, 0.2) is 16.7 Å². The van der Waals surface area contributed by atoms with Gasteiger partial charge in [-0.05, 0) is 50.3 Å². The molecule has 1 aliphatic heterocycles. The second-order valence-electron chi connectivity index (χ2n) is 6.21. The van der Waals surface area contributed by atoms with Crippen LogP contribution >= 0.6 is 0 Å². The number of nitrogens with one attached hydrogen (secondary N) is 1. The highest BCUT2D eigenvalue weighted by atomic mass is 16.3. The Morgan fingerprint density at radius 3 is 2.75 bits per heavy atom. The molecule has 1 fully saturated rings. The summed E-state index contributed by atoms with van der Waals surface area (Å²) in [7, 11) is 0. The summed E-state index contributed by atoms with van der Waals surface area (Å²) in [5, 5.41) is 3.43. The number of furan rings is 1. The molecule has 0 unspecified atom stereocenters. The quantitative estimate of drug-likeness (QED) is 0.733. The van der Waals surface area contributed by atoms with Gasteiger partial charge in [0, 0.05) is 18.7 Å². The van der Waals surface area contributed by atoms with Gasteiger partial charge in [0.1, 0.15) is 5.76 Å². The molecule has 0 aromatic carbocycles. The highest BCUT2D eigenvalue weighted by Gasteiger charge is 2.34. The van der Waals surface area contributed by atoms with E-state index in [1.54, 1.807) is 0 Å². The largest absolute Gasteiger partial charge is 0.468 e. The maximum absolute atomic E-state index is 5.64. The Morgan fingerprint density at radius 2 is 2.10 bits per heavy atom. The summed E-state index contributed by atoms with van der Waals surface area (Å²) in [5.74, 6) is 1.11. The van der Waals surface area contributed by atoms with Gasteiger partial charge in [-0.2, -0.15) is 0 Å². The first-order valence-electron chi connectivity index (χ1n) is 8.21. The van der Waals surface area contributed by atoms with Crippen molar-refractivity contribution in [2.24, 2.45) is 5.41 Å². The zero-order valence-electron chi connectivity index (χ0n) is 13.4. The standard InChI is InChI=1S/C17H30N2O/c1-4-9-18-12-16-15(7-11-20-16)13-19-10-8-17(5-2,6-3)14-19/h7,11,18H,4-6,8-10,12-14H2,1-3H3. The molecule has 0 amide bonds. The predicted octanol–water partition coefficient (Wildman–Crippen LogP) is 3.79. The van der Waals surface area contributed by atoms with Gasteiger partial charge in [0.05, 0.1) is 12.8 Å². The van der Waals surface area contributed by atoms with E-state index >= 15 is 0 Å². The van der Waals surface area contributed by atoms with Crippen LogP contribution < -0.4 is 5.32 Å². The normalized spacial score (nSPS) is 18.8. The molecule has 0 spiro atoms. The molecule has 0 bridgehead atoms. The van der Waals surface area contributed by atoms with Crippen LogP contribution in [0.25, 0.3) is 0 Å². The average Bonchev–Trinajstić information content (AvgIpc) is 3.08. The first-order chi connectivity index (χ1) is 9.73. The molecule has 114 valence electrons. The van der Waals surface area contributed by atoms with E-state index in [0.717, 1.165) is 31.8 Å². The van der Waals surface area contributed by atoms with Gasteiger partial charge in [0.25, 0.3) is 0 Å². The Morgan fingerprint density at radius 1 is 1.30 bits per heavy atom. The Hall–Kier alpha value is -0.800. The monoisotopic (exact) mass is 278 g/mol. The van der Waals surface area contributed by atoms with Crippen LogP contribution in [0, 0.1) is 5.41 Å². The number of rotatable bonds is 8. The lowest BCUT2D eigenvalue weighted by molar-refractivity contribution is 0.235. The zero-order valence-corrected chi connectivity index (χ0v) is 13.4. The van der Waals surface area contributed by atoms with E-state index in [0.29, 0.717) is 5.41 Å². The molecule has 1 saturated heterocycles. The fourth-order valence-electron chi connectivity index (χ4n) is 3.27. The Kier molecular flexibility index (Phi) is 5.67. The van der Waals surface area contributed by atoms with Crippen molar-refractivity contribution in [2.45, 2.75) is 59.5 Å². The van der Waals surface area contributed by atoms with Gasteiger partial charge in [-0.25, -0.2) is 0 Å². The smallest absolute Gasteiger partial charge is 0.122 e. The Labute approximate surface area is 123 Å². The lowest BCUT2D eigenvalue weighted by Gasteiger charge is -2.26. The SMILES string of the molecule is CCCNCc1occc1CN1CCC(CC)(CC)C1. The van der Waals surface area contributed by atoms with Gasteiger partial charge >= 0.3 is 0 Å². The molecule has 1 aromatic rings. The molecule has 0 radical (unpaired) electrons. The molecule has 1 N–H and O–H groups in total. The molecule has 20 heavy (non-hydrogen) atoms. The first kappa shape index (κ1) is 15.6. The van der Waals surface area contributed by atoms with Crippen LogP contribution in [0.5, 0.6) is 0 Å². The third kappa shape index (κ3) is 3.64. The molecule has 2 heterocycles. The lowest BCUT2D eigenvalue weighted by Crippen LogP contribution is -2.26.